The number of rotatable bonds is 5. The lowest BCUT2D eigenvalue weighted by atomic mass is 9.94. The van der Waals surface area contributed by atoms with E-state index in [4.69, 9.17) is 0 Å². The summed E-state index contributed by atoms with van der Waals surface area (Å²) >= 11 is 1.70. The summed E-state index contributed by atoms with van der Waals surface area (Å²) in [7, 11) is 0. The van der Waals surface area contributed by atoms with Gasteiger partial charge in [0.1, 0.15) is 6.04 Å². The smallest absolute Gasteiger partial charge is 0.321 e. The molecule has 110 valence electrons. The van der Waals surface area contributed by atoms with Crippen LogP contribution in [-0.2, 0) is 17.8 Å². The van der Waals surface area contributed by atoms with Gasteiger partial charge in [0.05, 0.1) is 10.7 Å². The van der Waals surface area contributed by atoms with Crippen LogP contribution in [0.5, 0.6) is 0 Å². The molecule has 1 aliphatic heterocycles. The fraction of sp³-hybridized carbons (Fsp3) is 0.733. The van der Waals surface area contributed by atoms with Crippen LogP contribution in [0.15, 0.2) is 5.38 Å². The van der Waals surface area contributed by atoms with Crippen molar-refractivity contribution in [3.8, 4) is 0 Å². The zero-order valence-corrected chi connectivity index (χ0v) is 12.7. The summed E-state index contributed by atoms with van der Waals surface area (Å²) in [5, 5.41) is 12.8. The second kappa shape index (κ2) is 5.82. The van der Waals surface area contributed by atoms with E-state index in [1.165, 1.54) is 17.8 Å². The van der Waals surface area contributed by atoms with E-state index in [-0.39, 0.29) is 6.04 Å². The summed E-state index contributed by atoms with van der Waals surface area (Å²) in [4.78, 5) is 18.4. The van der Waals surface area contributed by atoms with Crippen molar-refractivity contribution in [2.75, 3.05) is 6.54 Å². The molecule has 0 spiro atoms. The van der Waals surface area contributed by atoms with Crippen molar-refractivity contribution in [2.24, 2.45) is 11.8 Å². The van der Waals surface area contributed by atoms with E-state index < -0.39 is 5.97 Å². The predicted molar refractivity (Wildman–Crippen MR) is 78.8 cm³/mol. The number of carbonyl (C=O) groups is 1. The third-order valence-electron chi connectivity index (χ3n) is 4.67. The SMILES string of the molecule is CCCc1nc(CN2CC3CCCC3C2C(=O)O)cs1. The number of aryl methyl sites for hydroxylation is 1. The molecule has 2 aliphatic rings. The molecular weight excluding hydrogens is 272 g/mol. The highest BCUT2D eigenvalue weighted by Crippen LogP contribution is 2.42. The summed E-state index contributed by atoms with van der Waals surface area (Å²) in [6.07, 6.45) is 5.61. The lowest BCUT2D eigenvalue weighted by Crippen LogP contribution is -2.39. The van der Waals surface area contributed by atoms with Crippen molar-refractivity contribution in [3.05, 3.63) is 16.1 Å². The highest BCUT2D eigenvalue weighted by atomic mass is 32.1. The zero-order valence-electron chi connectivity index (χ0n) is 11.9. The Morgan fingerprint density at radius 3 is 3.15 bits per heavy atom. The molecule has 0 bridgehead atoms. The van der Waals surface area contributed by atoms with Crippen molar-refractivity contribution >= 4 is 17.3 Å². The largest absolute Gasteiger partial charge is 0.480 e. The molecule has 1 aromatic rings. The topological polar surface area (TPSA) is 53.4 Å². The van der Waals surface area contributed by atoms with E-state index >= 15 is 0 Å². The number of hydrogen-bond donors (Lipinski definition) is 1. The van der Waals surface area contributed by atoms with Crippen LogP contribution in [0.2, 0.25) is 0 Å². The third-order valence-corrected chi connectivity index (χ3v) is 5.62. The Kier molecular flexibility index (Phi) is 4.08. The van der Waals surface area contributed by atoms with E-state index in [0.717, 1.165) is 31.5 Å². The molecule has 2 fully saturated rings. The second-order valence-corrected chi connectivity index (χ2v) is 6.99. The minimum Gasteiger partial charge on any atom is -0.480 e. The van der Waals surface area contributed by atoms with Crippen molar-refractivity contribution in [2.45, 2.75) is 51.6 Å². The number of thiazole rings is 1. The first-order chi connectivity index (χ1) is 9.69. The Labute approximate surface area is 123 Å². The summed E-state index contributed by atoms with van der Waals surface area (Å²) < 4.78 is 0. The molecule has 1 aromatic heterocycles. The zero-order chi connectivity index (χ0) is 14.1. The number of likely N-dealkylation sites (tertiary alicyclic amines) is 1. The normalized spacial score (nSPS) is 29.8. The number of hydrogen-bond acceptors (Lipinski definition) is 4. The van der Waals surface area contributed by atoms with Crippen molar-refractivity contribution in [1.29, 1.82) is 0 Å². The van der Waals surface area contributed by atoms with Gasteiger partial charge in [0.15, 0.2) is 0 Å². The Morgan fingerprint density at radius 1 is 1.55 bits per heavy atom. The molecule has 1 N–H and O–H groups in total. The number of nitrogens with zero attached hydrogens (tertiary/aromatic N) is 2. The van der Waals surface area contributed by atoms with Crippen LogP contribution in [0.4, 0.5) is 0 Å². The van der Waals surface area contributed by atoms with Crippen molar-refractivity contribution in [3.63, 3.8) is 0 Å². The molecule has 0 amide bonds. The van der Waals surface area contributed by atoms with Gasteiger partial charge < -0.3 is 5.11 Å². The van der Waals surface area contributed by atoms with E-state index in [0.29, 0.717) is 18.4 Å². The molecule has 20 heavy (non-hydrogen) atoms. The molecule has 2 heterocycles. The van der Waals surface area contributed by atoms with Crippen LogP contribution in [0.1, 0.15) is 43.3 Å². The molecule has 3 unspecified atom stereocenters. The first kappa shape index (κ1) is 14.0. The Balaban J connectivity index is 1.70. The van der Waals surface area contributed by atoms with Gasteiger partial charge in [-0.1, -0.05) is 13.3 Å². The molecule has 0 aromatic carbocycles. The number of carboxylic acids is 1. The molecular formula is C15H22N2O2S. The number of carboxylic acid groups (broad SMARTS) is 1. The molecule has 1 saturated carbocycles. The van der Waals surface area contributed by atoms with Crippen molar-refractivity contribution in [1.82, 2.24) is 9.88 Å². The molecule has 5 heteroatoms. The van der Waals surface area contributed by atoms with E-state index in [9.17, 15) is 9.90 Å². The Morgan fingerprint density at radius 2 is 2.40 bits per heavy atom. The molecule has 3 rings (SSSR count). The quantitative estimate of drug-likeness (QED) is 0.907. The van der Waals surface area contributed by atoms with E-state index in [1.54, 1.807) is 11.3 Å². The standard InChI is InChI=1S/C15H22N2O2S/c1-2-4-13-16-11(9-20-13)8-17-7-10-5-3-6-12(10)14(17)15(18)19/h9-10,12,14H,2-8H2,1H3,(H,18,19). The third kappa shape index (κ3) is 2.61. The first-order valence-electron chi connectivity index (χ1n) is 7.59. The lowest BCUT2D eigenvalue weighted by molar-refractivity contribution is -0.143. The van der Waals surface area contributed by atoms with E-state index in [2.05, 4.69) is 22.2 Å². The highest BCUT2D eigenvalue weighted by Gasteiger charge is 2.47. The minimum atomic E-state index is -0.650. The van der Waals surface area contributed by atoms with Crippen molar-refractivity contribution < 1.29 is 9.90 Å². The number of aromatic nitrogens is 1. The summed E-state index contributed by atoms with van der Waals surface area (Å²) in [5.41, 5.74) is 1.05. The predicted octanol–water partition coefficient (Wildman–Crippen LogP) is 2.78. The Bertz CT molecular complexity index is 488. The number of fused-ring (bicyclic) bond motifs is 1. The second-order valence-electron chi connectivity index (χ2n) is 6.05. The maximum Gasteiger partial charge on any atom is 0.321 e. The maximum absolute atomic E-state index is 11.6. The first-order valence-corrected chi connectivity index (χ1v) is 8.47. The molecule has 3 atom stereocenters. The fourth-order valence-corrected chi connectivity index (χ4v) is 4.75. The molecule has 1 saturated heterocycles. The van der Waals surface area contributed by atoms with Crippen LogP contribution < -0.4 is 0 Å². The average Bonchev–Trinajstić information content (AvgIpc) is 3.05. The summed E-state index contributed by atoms with van der Waals surface area (Å²) in [6.45, 7) is 3.79. The van der Waals surface area contributed by atoms with Gasteiger partial charge in [-0.05, 0) is 37.5 Å². The van der Waals surface area contributed by atoms with Gasteiger partial charge >= 0.3 is 5.97 Å². The van der Waals surface area contributed by atoms with Gasteiger partial charge in [0.2, 0.25) is 0 Å². The van der Waals surface area contributed by atoms with Gasteiger partial charge in [-0.15, -0.1) is 11.3 Å². The highest BCUT2D eigenvalue weighted by molar-refractivity contribution is 7.09. The lowest BCUT2D eigenvalue weighted by Gasteiger charge is -2.23. The minimum absolute atomic E-state index is 0.293. The van der Waals surface area contributed by atoms with Gasteiger partial charge in [-0.25, -0.2) is 4.98 Å². The Hall–Kier alpha value is -0.940. The van der Waals surface area contributed by atoms with Crippen LogP contribution in [-0.4, -0.2) is 33.5 Å². The molecule has 0 radical (unpaired) electrons. The number of aliphatic carboxylic acids is 1. The molecule has 1 aliphatic carbocycles. The van der Waals surface area contributed by atoms with E-state index in [1.807, 2.05) is 0 Å². The molecule has 4 nitrogen and oxygen atoms in total. The average molecular weight is 294 g/mol. The fourth-order valence-electron chi connectivity index (χ4n) is 3.85. The maximum atomic E-state index is 11.6. The van der Waals surface area contributed by atoms with Crippen LogP contribution in [0, 0.1) is 11.8 Å². The van der Waals surface area contributed by atoms with Gasteiger partial charge in [-0.2, -0.15) is 0 Å². The van der Waals surface area contributed by atoms with Crippen LogP contribution in [0.3, 0.4) is 0 Å². The van der Waals surface area contributed by atoms with Crippen LogP contribution in [0.25, 0.3) is 0 Å². The summed E-state index contributed by atoms with van der Waals surface area (Å²) in [6, 6.07) is -0.293. The van der Waals surface area contributed by atoms with Gasteiger partial charge in [-0.3, -0.25) is 9.69 Å². The van der Waals surface area contributed by atoms with Gasteiger partial charge in [0, 0.05) is 18.5 Å². The summed E-state index contributed by atoms with van der Waals surface area (Å²) in [5.74, 6) is 0.300. The van der Waals surface area contributed by atoms with Gasteiger partial charge in [0.25, 0.3) is 0 Å². The monoisotopic (exact) mass is 294 g/mol. The van der Waals surface area contributed by atoms with Crippen LogP contribution >= 0.6 is 11.3 Å².